The van der Waals surface area contributed by atoms with Crippen LogP contribution in [0.25, 0.3) is 0 Å². The van der Waals surface area contributed by atoms with Crippen LogP contribution >= 0.6 is 15.9 Å². The van der Waals surface area contributed by atoms with Crippen molar-refractivity contribution >= 4 is 21.8 Å². The highest BCUT2D eigenvalue weighted by Crippen LogP contribution is 2.64. The second kappa shape index (κ2) is 6.01. The zero-order valence-electron chi connectivity index (χ0n) is 14.5. The van der Waals surface area contributed by atoms with E-state index in [2.05, 4.69) is 33.1 Å². The molecule has 0 unspecified atom stereocenters. The third-order valence-corrected chi connectivity index (χ3v) is 7.78. The van der Waals surface area contributed by atoms with Gasteiger partial charge in [-0.15, -0.1) is 0 Å². The van der Waals surface area contributed by atoms with E-state index in [1.54, 1.807) is 0 Å². The van der Waals surface area contributed by atoms with E-state index in [4.69, 9.17) is 0 Å². The number of hydrogen-bond acceptors (Lipinski definition) is 2. The highest BCUT2D eigenvalue weighted by Gasteiger charge is 2.59. The molecular weight excluding hydrogens is 352 g/mol. The molecule has 1 amide bonds. The van der Waals surface area contributed by atoms with Crippen LogP contribution in [0.4, 0.5) is 0 Å². The van der Waals surface area contributed by atoms with Crippen LogP contribution < -0.4 is 5.32 Å². The monoisotopic (exact) mass is 382 g/mol. The molecule has 5 rings (SSSR count). The third-order valence-electron chi connectivity index (χ3n) is 6.85. The smallest absolute Gasteiger partial charge is 0.226 e. The van der Waals surface area contributed by atoms with Crippen LogP contribution in [-0.4, -0.2) is 41.3 Å². The lowest BCUT2D eigenvalue weighted by Gasteiger charge is -2.59. The van der Waals surface area contributed by atoms with E-state index in [0.29, 0.717) is 11.8 Å². The topological polar surface area (TPSA) is 32.3 Å². The van der Waals surface area contributed by atoms with Crippen LogP contribution in [0, 0.1) is 23.2 Å². The molecule has 23 heavy (non-hydrogen) atoms. The second-order valence-corrected chi connectivity index (χ2v) is 10.9. The predicted octanol–water partition coefficient (Wildman–Crippen LogP) is 3.57. The first-order valence-corrected chi connectivity index (χ1v) is 10.5. The fraction of sp³-hybridized carbons (Fsp3) is 0.947. The van der Waals surface area contributed by atoms with Gasteiger partial charge in [0, 0.05) is 17.4 Å². The maximum atomic E-state index is 13.0. The average Bonchev–Trinajstić information content (AvgIpc) is 2.95. The lowest BCUT2D eigenvalue weighted by atomic mass is 9.49. The Morgan fingerprint density at radius 2 is 1.87 bits per heavy atom. The van der Waals surface area contributed by atoms with Gasteiger partial charge in [0.15, 0.2) is 0 Å². The van der Waals surface area contributed by atoms with E-state index < -0.39 is 0 Å². The van der Waals surface area contributed by atoms with Gasteiger partial charge in [-0.2, -0.15) is 0 Å². The molecule has 4 heteroatoms. The van der Waals surface area contributed by atoms with Crippen molar-refractivity contribution in [2.75, 3.05) is 26.2 Å². The number of nitrogens with one attached hydrogen (secondary N) is 1. The van der Waals surface area contributed by atoms with E-state index in [-0.39, 0.29) is 9.74 Å². The van der Waals surface area contributed by atoms with E-state index in [1.807, 2.05) is 0 Å². The number of halogens is 1. The molecule has 4 saturated carbocycles. The van der Waals surface area contributed by atoms with Crippen LogP contribution in [-0.2, 0) is 4.79 Å². The third kappa shape index (κ3) is 3.22. The summed E-state index contributed by atoms with van der Waals surface area (Å²) in [7, 11) is 0. The van der Waals surface area contributed by atoms with Crippen LogP contribution in [0.3, 0.4) is 0 Å². The van der Waals surface area contributed by atoms with Gasteiger partial charge in [-0.25, -0.2) is 0 Å². The summed E-state index contributed by atoms with van der Waals surface area (Å²) in [4.78, 5) is 15.6. The van der Waals surface area contributed by atoms with Gasteiger partial charge in [-0.05, 0) is 82.2 Å². The lowest BCUT2D eigenvalue weighted by molar-refractivity contribution is -0.144. The van der Waals surface area contributed by atoms with E-state index in [1.165, 1.54) is 45.2 Å². The summed E-state index contributed by atoms with van der Waals surface area (Å²) in [5.41, 5.74) is -0.0546. The SMILES string of the molecule is C[C@@H](CNC(=O)C12C[C@H]3C[C@@H](CC(Br)(C3)C1)C2)CN1CCCC1. The maximum Gasteiger partial charge on any atom is 0.226 e. The molecule has 4 bridgehead atoms. The van der Waals surface area contributed by atoms with Crippen LogP contribution in [0.5, 0.6) is 0 Å². The molecule has 0 aromatic rings. The average molecular weight is 383 g/mol. The quantitative estimate of drug-likeness (QED) is 0.737. The van der Waals surface area contributed by atoms with E-state index in [0.717, 1.165) is 44.2 Å². The zero-order valence-corrected chi connectivity index (χ0v) is 16.0. The van der Waals surface area contributed by atoms with Gasteiger partial charge in [0.25, 0.3) is 0 Å². The Balaban J connectivity index is 1.33. The molecule has 5 aliphatic rings. The number of carbonyl (C=O) groups is 1. The Bertz CT molecular complexity index is 460. The van der Waals surface area contributed by atoms with Gasteiger partial charge >= 0.3 is 0 Å². The number of hydrogen-bond donors (Lipinski definition) is 1. The molecule has 4 aliphatic carbocycles. The minimum atomic E-state index is -0.0546. The number of rotatable bonds is 5. The first-order valence-electron chi connectivity index (χ1n) is 9.66. The van der Waals surface area contributed by atoms with Crippen molar-refractivity contribution in [1.82, 2.24) is 10.2 Å². The first-order chi connectivity index (χ1) is 11.0. The van der Waals surface area contributed by atoms with Crippen LogP contribution in [0.2, 0.25) is 0 Å². The summed E-state index contributed by atoms with van der Waals surface area (Å²) < 4.78 is 0.273. The summed E-state index contributed by atoms with van der Waals surface area (Å²) in [6.07, 6.45) is 10.0. The molecule has 1 aliphatic heterocycles. The van der Waals surface area contributed by atoms with Crippen molar-refractivity contribution in [3.8, 4) is 0 Å². The molecular formula is C19H31BrN2O. The van der Waals surface area contributed by atoms with Crippen molar-refractivity contribution in [3.05, 3.63) is 0 Å². The van der Waals surface area contributed by atoms with Crippen molar-refractivity contribution in [1.29, 1.82) is 0 Å². The Morgan fingerprint density at radius 1 is 1.22 bits per heavy atom. The largest absolute Gasteiger partial charge is 0.355 e. The predicted molar refractivity (Wildman–Crippen MR) is 96.6 cm³/mol. The molecule has 1 heterocycles. The fourth-order valence-corrected chi connectivity index (χ4v) is 7.79. The van der Waals surface area contributed by atoms with Gasteiger partial charge < -0.3 is 10.2 Å². The van der Waals surface area contributed by atoms with Crippen LogP contribution in [0.15, 0.2) is 0 Å². The summed E-state index contributed by atoms with van der Waals surface area (Å²) in [6.45, 7) is 6.77. The van der Waals surface area contributed by atoms with Crippen molar-refractivity contribution < 1.29 is 4.79 Å². The molecule has 130 valence electrons. The normalized spacial score (nSPS) is 43.7. The van der Waals surface area contributed by atoms with E-state index in [9.17, 15) is 4.79 Å². The molecule has 3 atom stereocenters. The number of amides is 1. The molecule has 1 saturated heterocycles. The van der Waals surface area contributed by atoms with Gasteiger partial charge in [-0.1, -0.05) is 22.9 Å². The Hall–Kier alpha value is -0.0900. The van der Waals surface area contributed by atoms with Crippen molar-refractivity contribution in [3.63, 3.8) is 0 Å². The Morgan fingerprint density at radius 3 is 2.48 bits per heavy atom. The van der Waals surface area contributed by atoms with Gasteiger partial charge in [0.2, 0.25) is 5.91 Å². The summed E-state index contributed by atoms with van der Waals surface area (Å²) >= 11 is 4.01. The number of likely N-dealkylation sites (tertiary alicyclic amines) is 1. The molecule has 5 fully saturated rings. The second-order valence-electron chi connectivity index (χ2n) is 9.22. The number of nitrogens with zero attached hydrogens (tertiary/aromatic N) is 1. The molecule has 0 aromatic heterocycles. The van der Waals surface area contributed by atoms with Gasteiger partial charge in [0.1, 0.15) is 0 Å². The molecule has 0 radical (unpaired) electrons. The summed E-state index contributed by atoms with van der Waals surface area (Å²) in [6, 6.07) is 0. The zero-order chi connectivity index (χ0) is 16.1. The van der Waals surface area contributed by atoms with Crippen molar-refractivity contribution in [2.24, 2.45) is 23.2 Å². The minimum absolute atomic E-state index is 0.0546. The molecule has 3 nitrogen and oxygen atoms in total. The highest BCUT2D eigenvalue weighted by atomic mass is 79.9. The van der Waals surface area contributed by atoms with Gasteiger partial charge in [-0.3, -0.25) is 4.79 Å². The standard InChI is InChI=1S/C19H31BrN2O/c1-14(12-22-4-2-3-5-22)11-21-17(23)18-7-15-6-16(8-18)10-19(20,9-15)13-18/h14-16H,2-13H2,1H3,(H,21,23)/t14-,15+,16+,18?,19?/m0/s1. The van der Waals surface area contributed by atoms with Gasteiger partial charge in [0.05, 0.1) is 5.41 Å². The molecule has 0 aromatic carbocycles. The summed E-state index contributed by atoms with van der Waals surface area (Å²) in [5, 5.41) is 3.34. The summed E-state index contributed by atoms with van der Waals surface area (Å²) in [5.74, 6) is 2.49. The fourth-order valence-electron chi connectivity index (χ4n) is 6.34. The van der Waals surface area contributed by atoms with E-state index >= 15 is 0 Å². The number of alkyl halides is 1. The van der Waals surface area contributed by atoms with Crippen molar-refractivity contribution in [2.45, 2.75) is 62.6 Å². The lowest BCUT2D eigenvalue weighted by Crippen LogP contribution is -2.58. The maximum absolute atomic E-state index is 13.0. The first kappa shape index (κ1) is 16.4. The highest BCUT2D eigenvalue weighted by molar-refractivity contribution is 9.10. The minimum Gasteiger partial charge on any atom is -0.355 e. The Kier molecular flexibility index (Phi) is 4.28. The van der Waals surface area contributed by atoms with Crippen LogP contribution in [0.1, 0.15) is 58.3 Å². The Labute approximate surface area is 149 Å². The molecule has 1 N–H and O–H groups in total. The molecule has 0 spiro atoms. The number of carbonyl (C=O) groups excluding carboxylic acids is 1.